The molecular weight excluding hydrogens is 152 g/mol. The molecular formula is C10H21O2. The molecule has 0 saturated heterocycles. The molecule has 0 aliphatic carbocycles. The fourth-order valence-corrected chi connectivity index (χ4v) is 0.910. The smallest absolute Gasteiger partial charge is 0.158 e. The molecule has 0 heterocycles. The van der Waals surface area contributed by atoms with Crippen molar-refractivity contribution < 1.29 is 9.47 Å². The molecule has 0 aromatic heterocycles. The minimum absolute atomic E-state index is 0.193. The standard InChI is InChI=1S/C10H21O2/c1-5-6-7-8-11-10(4)12-9(2)3/h9-10H,4-8H2,1-3H3. The van der Waals surface area contributed by atoms with Crippen LogP contribution in [0.4, 0.5) is 0 Å². The van der Waals surface area contributed by atoms with E-state index in [2.05, 4.69) is 13.8 Å². The van der Waals surface area contributed by atoms with Crippen molar-refractivity contribution in [3.63, 3.8) is 0 Å². The summed E-state index contributed by atoms with van der Waals surface area (Å²) in [6.07, 6.45) is 3.43. The topological polar surface area (TPSA) is 18.5 Å². The summed E-state index contributed by atoms with van der Waals surface area (Å²) in [5.74, 6) is 0. The highest BCUT2D eigenvalue weighted by Crippen LogP contribution is 2.01. The first-order valence-corrected chi connectivity index (χ1v) is 4.77. The Hall–Kier alpha value is -0.0800. The Morgan fingerprint density at radius 2 is 1.92 bits per heavy atom. The van der Waals surface area contributed by atoms with Crippen LogP contribution >= 0.6 is 0 Å². The number of rotatable bonds is 7. The molecule has 2 heteroatoms. The van der Waals surface area contributed by atoms with Crippen LogP contribution in [0.3, 0.4) is 0 Å². The Bertz CT molecular complexity index is 91.8. The largest absolute Gasteiger partial charge is 0.353 e. The summed E-state index contributed by atoms with van der Waals surface area (Å²) in [5.41, 5.74) is 0. The van der Waals surface area contributed by atoms with Gasteiger partial charge in [0.05, 0.1) is 6.10 Å². The Labute approximate surface area is 76.3 Å². The third-order valence-corrected chi connectivity index (χ3v) is 1.48. The number of hydrogen-bond acceptors (Lipinski definition) is 2. The fraction of sp³-hybridized carbons (Fsp3) is 0.900. The molecule has 12 heavy (non-hydrogen) atoms. The monoisotopic (exact) mass is 173 g/mol. The van der Waals surface area contributed by atoms with E-state index in [1.54, 1.807) is 0 Å². The van der Waals surface area contributed by atoms with Gasteiger partial charge in [0.15, 0.2) is 6.29 Å². The maximum atomic E-state index is 5.32. The summed E-state index contributed by atoms with van der Waals surface area (Å²) in [6.45, 7) is 10.6. The molecule has 0 aromatic carbocycles. The average molecular weight is 173 g/mol. The predicted octanol–water partition coefficient (Wildman–Crippen LogP) is 2.78. The summed E-state index contributed by atoms with van der Waals surface area (Å²) in [5, 5.41) is 0. The lowest BCUT2D eigenvalue weighted by atomic mass is 10.3. The normalized spacial score (nSPS) is 13.8. The van der Waals surface area contributed by atoms with E-state index in [1.165, 1.54) is 12.8 Å². The van der Waals surface area contributed by atoms with Crippen LogP contribution in [0, 0.1) is 6.92 Å². The van der Waals surface area contributed by atoms with Crippen LogP contribution in [0.15, 0.2) is 0 Å². The van der Waals surface area contributed by atoms with E-state index in [9.17, 15) is 0 Å². The second kappa shape index (κ2) is 7.56. The molecule has 0 fully saturated rings. The molecule has 0 aliphatic rings. The van der Waals surface area contributed by atoms with Crippen LogP contribution in [0.25, 0.3) is 0 Å². The molecule has 1 atom stereocenters. The summed E-state index contributed by atoms with van der Waals surface area (Å²) >= 11 is 0. The second-order valence-electron chi connectivity index (χ2n) is 3.19. The van der Waals surface area contributed by atoms with Gasteiger partial charge in [0.2, 0.25) is 0 Å². The van der Waals surface area contributed by atoms with Gasteiger partial charge in [-0.1, -0.05) is 19.8 Å². The molecule has 0 aromatic rings. The van der Waals surface area contributed by atoms with Gasteiger partial charge < -0.3 is 9.47 Å². The minimum Gasteiger partial charge on any atom is -0.353 e. The van der Waals surface area contributed by atoms with Crippen molar-refractivity contribution in [3.8, 4) is 0 Å². The van der Waals surface area contributed by atoms with Gasteiger partial charge in [0.25, 0.3) is 0 Å². The maximum Gasteiger partial charge on any atom is 0.158 e. The Morgan fingerprint density at radius 3 is 2.42 bits per heavy atom. The van der Waals surface area contributed by atoms with Crippen LogP contribution in [0.1, 0.15) is 40.0 Å². The predicted molar refractivity (Wildman–Crippen MR) is 50.8 cm³/mol. The van der Waals surface area contributed by atoms with E-state index >= 15 is 0 Å². The van der Waals surface area contributed by atoms with Gasteiger partial charge in [-0.2, -0.15) is 0 Å². The quantitative estimate of drug-likeness (QED) is 0.435. The van der Waals surface area contributed by atoms with Gasteiger partial charge in [0, 0.05) is 13.5 Å². The lowest BCUT2D eigenvalue weighted by Crippen LogP contribution is -2.18. The van der Waals surface area contributed by atoms with Crippen molar-refractivity contribution in [2.24, 2.45) is 0 Å². The molecule has 0 bridgehead atoms. The van der Waals surface area contributed by atoms with Crippen LogP contribution < -0.4 is 0 Å². The van der Waals surface area contributed by atoms with Crippen LogP contribution in [-0.4, -0.2) is 19.0 Å². The third kappa shape index (κ3) is 8.02. The molecule has 73 valence electrons. The minimum atomic E-state index is -0.304. The first-order valence-electron chi connectivity index (χ1n) is 4.77. The van der Waals surface area contributed by atoms with E-state index in [4.69, 9.17) is 9.47 Å². The van der Waals surface area contributed by atoms with Crippen LogP contribution in [0.5, 0.6) is 0 Å². The number of ether oxygens (including phenoxy) is 2. The van der Waals surface area contributed by atoms with Gasteiger partial charge >= 0.3 is 0 Å². The molecule has 0 saturated carbocycles. The molecule has 0 aliphatic heterocycles. The van der Waals surface area contributed by atoms with E-state index in [1.807, 2.05) is 13.8 Å². The highest BCUT2D eigenvalue weighted by atomic mass is 16.7. The maximum absolute atomic E-state index is 5.32. The Morgan fingerprint density at radius 1 is 1.25 bits per heavy atom. The summed E-state index contributed by atoms with van der Waals surface area (Å²) < 4.78 is 10.6. The first-order chi connectivity index (χ1) is 5.66. The van der Waals surface area contributed by atoms with Crippen LogP contribution in [0.2, 0.25) is 0 Å². The first kappa shape index (κ1) is 11.9. The third-order valence-electron chi connectivity index (χ3n) is 1.48. The van der Waals surface area contributed by atoms with Crippen molar-refractivity contribution in [2.45, 2.75) is 52.4 Å². The van der Waals surface area contributed by atoms with Crippen molar-refractivity contribution >= 4 is 0 Å². The lowest BCUT2D eigenvalue weighted by Gasteiger charge is -2.16. The molecule has 0 rings (SSSR count). The van der Waals surface area contributed by atoms with Gasteiger partial charge in [-0.3, -0.25) is 0 Å². The molecule has 1 radical (unpaired) electrons. The zero-order chi connectivity index (χ0) is 9.40. The summed E-state index contributed by atoms with van der Waals surface area (Å²) in [7, 11) is 0. The average Bonchev–Trinajstić information content (AvgIpc) is 1.97. The summed E-state index contributed by atoms with van der Waals surface area (Å²) in [4.78, 5) is 0. The van der Waals surface area contributed by atoms with Gasteiger partial charge in [0.1, 0.15) is 0 Å². The highest BCUT2D eigenvalue weighted by molar-refractivity contribution is 4.48. The van der Waals surface area contributed by atoms with Crippen molar-refractivity contribution in [1.29, 1.82) is 0 Å². The van der Waals surface area contributed by atoms with Crippen molar-refractivity contribution in [1.82, 2.24) is 0 Å². The lowest BCUT2D eigenvalue weighted by molar-refractivity contribution is -0.135. The Kier molecular flexibility index (Phi) is 7.51. The zero-order valence-electron chi connectivity index (χ0n) is 8.51. The van der Waals surface area contributed by atoms with Gasteiger partial charge in [-0.15, -0.1) is 0 Å². The second-order valence-corrected chi connectivity index (χ2v) is 3.19. The molecule has 1 unspecified atom stereocenters. The highest BCUT2D eigenvalue weighted by Gasteiger charge is 2.03. The van der Waals surface area contributed by atoms with Crippen molar-refractivity contribution in [2.75, 3.05) is 6.61 Å². The molecule has 0 N–H and O–H groups in total. The Balaban J connectivity index is 3.14. The fourth-order valence-electron chi connectivity index (χ4n) is 0.910. The summed E-state index contributed by atoms with van der Waals surface area (Å²) in [6, 6.07) is 0. The van der Waals surface area contributed by atoms with E-state index in [0.29, 0.717) is 0 Å². The van der Waals surface area contributed by atoms with Crippen molar-refractivity contribution in [3.05, 3.63) is 6.92 Å². The molecule has 0 amide bonds. The van der Waals surface area contributed by atoms with Gasteiger partial charge in [-0.25, -0.2) is 0 Å². The van der Waals surface area contributed by atoms with Gasteiger partial charge in [-0.05, 0) is 20.3 Å². The van der Waals surface area contributed by atoms with E-state index in [-0.39, 0.29) is 12.4 Å². The SMILES string of the molecule is [CH2]C(OCCCCC)OC(C)C. The van der Waals surface area contributed by atoms with E-state index < -0.39 is 0 Å². The zero-order valence-corrected chi connectivity index (χ0v) is 8.51. The molecule has 2 nitrogen and oxygen atoms in total. The molecule has 0 spiro atoms. The number of hydrogen-bond donors (Lipinski definition) is 0. The van der Waals surface area contributed by atoms with Crippen LogP contribution in [-0.2, 0) is 9.47 Å². The van der Waals surface area contributed by atoms with E-state index in [0.717, 1.165) is 13.0 Å². The number of unbranched alkanes of at least 4 members (excludes halogenated alkanes) is 2.